The molecule has 3 nitrogen and oxygen atoms in total. The second-order valence-corrected chi connectivity index (χ2v) is 6.81. The van der Waals surface area contributed by atoms with Gasteiger partial charge in [0.25, 0.3) is 5.91 Å². The fourth-order valence-electron chi connectivity index (χ4n) is 3.23. The number of benzene rings is 3. The van der Waals surface area contributed by atoms with Crippen LogP contribution in [0.4, 0.5) is 5.69 Å². The van der Waals surface area contributed by atoms with Crippen LogP contribution < -0.4 is 10.2 Å². The molecule has 1 atom stereocenters. The van der Waals surface area contributed by atoms with Crippen LogP contribution in [0.1, 0.15) is 16.7 Å². The maximum Gasteiger partial charge on any atom is 0.279 e. The van der Waals surface area contributed by atoms with Gasteiger partial charge in [-0.3, -0.25) is 4.79 Å². The van der Waals surface area contributed by atoms with E-state index >= 15 is 0 Å². The highest BCUT2D eigenvalue weighted by atomic mass is 16.2. The second kappa shape index (κ2) is 7.49. The Morgan fingerprint density at radius 1 is 0.920 bits per heavy atom. The number of nitrogens with one attached hydrogen (secondary N) is 2. The number of hydrogen-bond donors (Lipinski definition) is 2. The Hall–Kier alpha value is -2.65. The molecule has 128 valence electrons. The molecule has 0 saturated heterocycles. The molecule has 25 heavy (non-hydrogen) atoms. The Kier molecular flexibility index (Phi) is 5.15. The Morgan fingerprint density at radius 2 is 1.60 bits per heavy atom. The summed E-state index contributed by atoms with van der Waals surface area (Å²) in [5, 5.41) is 5.56. The number of anilines is 1. The van der Waals surface area contributed by atoms with Crippen LogP contribution in [0.25, 0.3) is 10.8 Å². The first-order valence-corrected chi connectivity index (χ1v) is 8.68. The molecule has 3 rings (SSSR count). The fourth-order valence-corrected chi connectivity index (χ4v) is 3.23. The lowest BCUT2D eigenvalue weighted by atomic mass is 10.1. The summed E-state index contributed by atoms with van der Waals surface area (Å²) in [6.07, 6.45) is 0. The number of para-hydroxylation sites is 1. The van der Waals surface area contributed by atoms with E-state index in [0.717, 1.165) is 23.4 Å². The Labute approximate surface area is 149 Å². The van der Waals surface area contributed by atoms with Crippen LogP contribution in [0.2, 0.25) is 0 Å². The number of likely N-dealkylation sites (N-methyl/N-ethyl adjacent to an activating group) is 1. The van der Waals surface area contributed by atoms with Crippen LogP contribution in [0.5, 0.6) is 0 Å². The Balaban J connectivity index is 1.63. The molecule has 0 saturated carbocycles. The molecule has 1 amide bonds. The third-order valence-corrected chi connectivity index (χ3v) is 4.53. The van der Waals surface area contributed by atoms with Crippen molar-refractivity contribution < 1.29 is 9.69 Å². The van der Waals surface area contributed by atoms with E-state index in [-0.39, 0.29) is 5.91 Å². The summed E-state index contributed by atoms with van der Waals surface area (Å²) < 4.78 is 0. The number of carbonyl (C=O) groups is 1. The van der Waals surface area contributed by atoms with E-state index in [1.165, 1.54) is 21.2 Å². The van der Waals surface area contributed by atoms with Gasteiger partial charge >= 0.3 is 0 Å². The predicted molar refractivity (Wildman–Crippen MR) is 104 cm³/mol. The second-order valence-electron chi connectivity index (χ2n) is 6.81. The number of rotatable bonds is 5. The summed E-state index contributed by atoms with van der Waals surface area (Å²) >= 11 is 0. The third kappa shape index (κ3) is 4.25. The zero-order chi connectivity index (χ0) is 17.8. The van der Waals surface area contributed by atoms with E-state index in [2.05, 4.69) is 54.8 Å². The lowest BCUT2D eigenvalue weighted by molar-refractivity contribution is -0.885. The summed E-state index contributed by atoms with van der Waals surface area (Å²) in [5.41, 5.74) is 4.38. The summed E-state index contributed by atoms with van der Waals surface area (Å²) in [6, 6.07) is 20.9. The zero-order valence-corrected chi connectivity index (χ0v) is 15.1. The lowest BCUT2D eigenvalue weighted by Gasteiger charge is -2.16. The van der Waals surface area contributed by atoms with E-state index in [1.807, 2.05) is 32.0 Å². The average molecular weight is 333 g/mol. The largest absolute Gasteiger partial charge is 0.326 e. The molecule has 0 spiro atoms. The van der Waals surface area contributed by atoms with Crippen molar-refractivity contribution in [2.24, 2.45) is 0 Å². The van der Waals surface area contributed by atoms with Crippen molar-refractivity contribution in [2.75, 3.05) is 18.9 Å². The minimum absolute atomic E-state index is 0.0516. The van der Waals surface area contributed by atoms with Crippen molar-refractivity contribution in [3.8, 4) is 0 Å². The third-order valence-electron chi connectivity index (χ3n) is 4.53. The van der Waals surface area contributed by atoms with Crippen LogP contribution in [-0.4, -0.2) is 19.5 Å². The minimum atomic E-state index is 0.0516. The highest BCUT2D eigenvalue weighted by molar-refractivity contribution is 5.93. The van der Waals surface area contributed by atoms with Gasteiger partial charge in [-0.1, -0.05) is 54.6 Å². The topological polar surface area (TPSA) is 33.5 Å². The summed E-state index contributed by atoms with van der Waals surface area (Å²) in [5.74, 6) is 0.0516. The molecule has 0 heterocycles. The molecule has 3 aromatic carbocycles. The van der Waals surface area contributed by atoms with E-state index in [9.17, 15) is 4.79 Å². The van der Waals surface area contributed by atoms with Gasteiger partial charge in [0.05, 0.1) is 7.05 Å². The number of aryl methyl sites for hydroxylation is 2. The molecule has 0 aliphatic rings. The van der Waals surface area contributed by atoms with E-state index < -0.39 is 0 Å². The molecule has 0 fully saturated rings. The van der Waals surface area contributed by atoms with Crippen LogP contribution in [0.3, 0.4) is 0 Å². The van der Waals surface area contributed by atoms with Gasteiger partial charge in [-0.15, -0.1) is 0 Å². The number of fused-ring (bicyclic) bond motifs is 1. The number of hydrogen-bond acceptors (Lipinski definition) is 1. The van der Waals surface area contributed by atoms with Crippen molar-refractivity contribution in [3.63, 3.8) is 0 Å². The molecule has 0 bridgehead atoms. The molecule has 3 heteroatoms. The van der Waals surface area contributed by atoms with Gasteiger partial charge < -0.3 is 10.2 Å². The molecule has 0 radical (unpaired) electrons. The predicted octanol–water partition coefficient (Wildman–Crippen LogP) is 3.11. The highest BCUT2D eigenvalue weighted by Crippen LogP contribution is 2.19. The van der Waals surface area contributed by atoms with Crippen molar-refractivity contribution in [1.82, 2.24) is 0 Å². The van der Waals surface area contributed by atoms with Gasteiger partial charge in [0.2, 0.25) is 0 Å². The number of carbonyl (C=O) groups excluding carboxylic acids is 1. The van der Waals surface area contributed by atoms with E-state index in [0.29, 0.717) is 6.54 Å². The van der Waals surface area contributed by atoms with Crippen molar-refractivity contribution >= 4 is 22.4 Å². The van der Waals surface area contributed by atoms with E-state index in [4.69, 9.17) is 0 Å². The fraction of sp³-hybridized carbons (Fsp3) is 0.227. The molecule has 3 aromatic rings. The quantitative estimate of drug-likeness (QED) is 0.739. The summed E-state index contributed by atoms with van der Waals surface area (Å²) in [4.78, 5) is 13.6. The maximum atomic E-state index is 12.4. The van der Waals surface area contributed by atoms with Gasteiger partial charge in [-0.25, -0.2) is 0 Å². The molecule has 1 unspecified atom stereocenters. The molecular formula is C22H25N2O+. The van der Waals surface area contributed by atoms with Crippen molar-refractivity contribution in [1.29, 1.82) is 0 Å². The average Bonchev–Trinajstić information content (AvgIpc) is 2.58. The van der Waals surface area contributed by atoms with Crippen LogP contribution in [-0.2, 0) is 11.3 Å². The van der Waals surface area contributed by atoms with Gasteiger partial charge in [0, 0.05) is 11.3 Å². The van der Waals surface area contributed by atoms with Crippen LogP contribution in [0, 0.1) is 13.8 Å². The lowest BCUT2D eigenvalue weighted by Crippen LogP contribution is -3.08. The first-order chi connectivity index (χ1) is 12.0. The van der Waals surface area contributed by atoms with Gasteiger partial charge in [-0.2, -0.15) is 0 Å². The number of amides is 1. The van der Waals surface area contributed by atoms with Gasteiger partial charge in [0.1, 0.15) is 6.54 Å². The zero-order valence-electron chi connectivity index (χ0n) is 15.1. The SMILES string of the molecule is Cc1cccc(C)c1NC(=O)C[NH+](C)Cc1ccc2ccccc2c1. The first-order valence-electron chi connectivity index (χ1n) is 8.68. The van der Waals surface area contributed by atoms with Gasteiger partial charge in [0.15, 0.2) is 6.54 Å². The smallest absolute Gasteiger partial charge is 0.279 e. The minimum Gasteiger partial charge on any atom is -0.326 e. The maximum absolute atomic E-state index is 12.4. The van der Waals surface area contributed by atoms with Crippen LogP contribution in [0.15, 0.2) is 60.7 Å². The first kappa shape index (κ1) is 17.2. The Bertz CT molecular complexity index is 881. The molecule has 0 aromatic heterocycles. The highest BCUT2D eigenvalue weighted by Gasteiger charge is 2.13. The normalized spacial score (nSPS) is 12.1. The monoisotopic (exact) mass is 333 g/mol. The molecule has 0 aliphatic carbocycles. The summed E-state index contributed by atoms with van der Waals surface area (Å²) in [6.45, 7) is 5.31. The summed E-state index contributed by atoms with van der Waals surface area (Å²) in [7, 11) is 2.06. The van der Waals surface area contributed by atoms with Crippen LogP contribution >= 0.6 is 0 Å². The molecule has 0 aliphatic heterocycles. The van der Waals surface area contributed by atoms with E-state index in [1.54, 1.807) is 0 Å². The van der Waals surface area contributed by atoms with Crippen molar-refractivity contribution in [2.45, 2.75) is 20.4 Å². The van der Waals surface area contributed by atoms with Crippen molar-refractivity contribution in [3.05, 3.63) is 77.4 Å². The Morgan fingerprint density at radius 3 is 2.32 bits per heavy atom. The molecular weight excluding hydrogens is 308 g/mol. The molecule has 2 N–H and O–H groups in total. The standard InChI is InChI=1S/C22H24N2O/c1-16-7-6-8-17(2)22(16)23-21(25)15-24(3)14-18-11-12-19-9-4-5-10-20(19)13-18/h4-13H,14-15H2,1-3H3,(H,23,25)/p+1. The van der Waals surface area contributed by atoms with Gasteiger partial charge in [-0.05, 0) is 41.8 Å². The number of quaternary nitrogens is 1.